The number of rotatable bonds is 18. The Labute approximate surface area is 187 Å². The Bertz CT molecular complexity index is 659. The lowest BCUT2D eigenvalue weighted by atomic mass is 10.0. The SMILES string of the molecule is CCCCCCCCCCCCC(NS(C)(=O)=O)c1ccoc1[Si](CC)(CC)CC. The fourth-order valence-electron chi connectivity index (χ4n) is 4.63. The second kappa shape index (κ2) is 14.5. The highest BCUT2D eigenvalue weighted by Crippen LogP contribution is 2.28. The van der Waals surface area contributed by atoms with Crippen LogP contribution in [0.3, 0.4) is 0 Å². The van der Waals surface area contributed by atoms with E-state index >= 15 is 0 Å². The van der Waals surface area contributed by atoms with Crippen LogP contribution in [-0.4, -0.2) is 22.7 Å². The minimum absolute atomic E-state index is 0.167. The quantitative estimate of drug-likeness (QED) is 0.193. The molecule has 1 heterocycles. The van der Waals surface area contributed by atoms with E-state index in [9.17, 15) is 8.42 Å². The minimum Gasteiger partial charge on any atom is -0.474 e. The van der Waals surface area contributed by atoms with Gasteiger partial charge in [-0.3, -0.25) is 0 Å². The summed E-state index contributed by atoms with van der Waals surface area (Å²) < 4.78 is 33.0. The first-order valence-corrected chi connectivity index (χ1v) is 16.9. The Morgan fingerprint density at radius 1 is 0.867 bits per heavy atom. The van der Waals surface area contributed by atoms with Crippen molar-refractivity contribution in [3.05, 3.63) is 17.9 Å². The molecule has 1 unspecified atom stereocenters. The first-order valence-electron chi connectivity index (χ1n) is 12.4. The molecule has 0 aromatic carbocycles. The second-order valence-electron chi connectivity index (χ2n) is 8.96. The lowest BCUT2D eigenvalue weighted by Crippen LogP contribution is -2.48. The molecule has 30 heavy (non-hydrogen) atoms. The molecule has 1 aromatic heterocycles. The molecule has 0 aliphatic heterocycles. The van der Waals surface area contributed by atoms with Crippen molar-refractivity contribution in [2.75, 3.05) is 6.26 Å². The van der Waals surface area contributed by atoms with Gasteiger partial charge in [-0.25, -0.2) is 13.1 Å². The van der Waals surface area contributed by atoms with Crippen LogP contribution in [0.5, 0.6) is 0 Å². The van der Waals surface area contributed by atoms with Crippen LogP contribution in [0.25, 0.3) is 0 Å². The largest absolute Gasteiger partial charge is 0.474 e. The molecular formula is C24H47NO3SSi. The minimum atomic E-state index is -3.27. The zero-order valence-corrected chi connectivity index (χ0v) is 22.1. The van der Waals surface area contributed by atoms with E-state index in [4.69, 9.17) is 4.42 Å². The third-order valence-electron chi connectivity index (χ3n) is 6.79. The monoisotopic (exact) mass is 457 g/mol. The predicted molar refractivity (Wildman–Crippen MR) is 133 cm³/mol. The molecule has 1 aromatic rings. The van der Waals surface area contributed by atoms with Gasteiger partial charge in [-0.05, 0) is 12.5 Å². The van der Waals surface area contributed by atoms with Gasteiger partial charge in [0.25, 0.3) is 0 Å². The smallest absolute Gasteiger partial charge is 0.209 e. The predicted octanol–water partition coefficient (Wildman–Crippen LogP) is 6.90. The number of sulfonamides is 1. The summed E-state index contributed by atoms with van der Waals surface area (Å²) in [5.41, 5.74) is 1.09. The molecule has 6 heteroatoms. The van der Waals surface area contributed by atoms with Crippen molar-refractivity contribution in [1.29, 1.82) is 0 Å². The van der Waals surface area contributed by atoms with E-state index in [2.05, 4.69) is 32.4 Å². The van der Waals surface area contributed by atoms with Crippen LogP contribution < -0.4 is 10.1 Å². The van der Waals surface area contributed by atoms with E-state index in [1.165, 1.54) is 64.0 Å². The molecule has 0 bridgehead atoms. The van der Waals surface area contributed by atoms with Gasteiger partial charge in [0.1, 0.15) is 8.07 Å². The summed E-state index contributed by atoms with van der Waals surface area (Å²) in [5.74, 6) is 0. The maximum atomic E-state index is 12.1. The van der Waals surface area contributed by atoms with Crippen molar-refractivity contribution in [2.24, 2.45) is 0 Å². The second-order valence-corrected chi connectivity index (χ2v) is 15.9. The summed E-state index contributed by atoms with van der Waals surface area (Å²) in [4.78, 5) is 0. The summed E-state index contributed by atoms with van der Waals surface area (Å²) in [7, 11) is -4.98. The molecule has 1 N–H and O–H groups in total. The van der Waals surface area contributed by atoms with E-state index in [0.29, 0.717) is 0 Å². The molecule has 1 rings (SSSR count). The Balaban J connectivity index is 2.65. The fourth-order valence-corrected chi connectivity index (χ4v) is 9.04. The van der Waals surface area contributed by atoms with Crippen molar-refractivity contribution < 1.29 is 12.8 Å². The van der Waals surface area contributed by atoms with E-state index in [1.807, 2.05) is 6.07 Å². The standard InChI is InChI=1S/C24H47NO3SSi/c1-6-10-11-12-13-14-15-16-17-18-19-23(25-29(5,26)27)22-20-21-28-24(22)30(7-2,8-3)9-4/h20-21,23,25H,6-19H2,1-5H3. The maximum Gasteiger partial charge on any atom is 0.209 e. The third kappa shape index (κ3) is 9.27. The van der Waals surface area contributed by atoms with Gasteiger partial charge in [-0.2, -0.15) is 0 Å². The van der Waals surface area contributed by atoms with E-state index in [1.54, 1.807) is 6.26 Å². The molecule has 0 radical (unpaired) electrons. The Hall–Kier alpha value is -0.593. The Kier molecular flexibility index (Phi) is 13.2. The molecular weight excluding hydrogens is 410 g/mol. The number of hydrogen-bond donors (Lipinski definition) is 1. The van der Waals surface area contributed by atoms with Gasteiger partial charge in [0.2, 0.25) is 10.0 Å². The lowest BCUT2D eigenvalue weighted by molar-refractivity contribution is 0.501. The first-order chi connectivity index (χ1) is 14.3. The van der Waals surface area contributed by atoms with Crippen LogP contribution in [-0.2, 0) is 10.0 Å². The van der Waals surface area contributed by atoms with Crippen molar-refractivity contribution in [3.8, 4) is 0 Å². The number of furan rings is 1. The van der Waals surface area contributed by atoms with Crippen molar-refractivity contribution >= 4 is 23.5 Å². The highest BCUT2D eigenvalue weighted by molar-refractivity contribution is 7.88. The lowest BCUT2D eigenvalue weighted by Gasteiger charge is -2.29. The number of nitrogens with one attached hydrogen (secondary N) is 1. The van der Waals surface area contributed by atoms with Gasteiger partial charge in [0.15, 0.2) is 0 Å². The molecule has 0 aliphatic rings. The van der Waals surface area contributed by atoms with Crippen LogP contribution in [0.15, 0.2) is 16.7 Å². The van der Waals surface area contributed by atoms with Crippen LogP contribution in [0.2, 0.25) is 18.1 Å². The summed E-state index contributed by atoms with van der Waals surface area (Å²) >= 11 is 0. The maximum absolute atomic E-state index is 12.1. The molecule has 0 spiro atoms. The molecule has 4 nitrogen and oxygen atoms in total. The molecule has 0 fully saturated rings. The molecule has 0 saturated heterocycles. The van der Waals surface area contributed by atoms with Crippen molar-refractivity contribution in [3.63, 3.8) is 0 Å². The highest BCUT2D eigenvalue weighted by Gasteiger charge is 2.37. The molecule has 0 amide bonds. The normalized spacial score (nSPS) is 13.6. The van der Waals surface area contributed by atoms with Gasteiger partial charge in [-0.1, -0.05) is 110 Å². The van der Waals surface area contributed by atoms with Crippen LogP contribution in [0.1, 0.15) is 110 Å². The van der Waals surface area contributed by atoms with Crippen LogP contribution in [0.4, 0.5) is 0 Å². The zero-order valence-electron chi connectivity index (χ0n) is 20.3. The Morgan fingerprint density at radius 2 is 1.37 bits per heavy atom. The van der Waals surface area contributed by atoms with E-state index < -0.39 is 18.1 Å². The summed E-state index contributed by atoms with van der Waals surface area (Å²) in [6, 6.07) is 5.23. The third-order valence-corrected chi connectivity index (χ3v) is 12.9. The molecule has 0 saturated carbocycles. The van der Waals surface area contributed by atoms with Gasteiger partial charge < -0.3 is 4.42 Å². The van der Waals surface area contributed by atoms with Gasteiger partial charge in [0.05, 0.1) is 17.9 Å². The van der Waals surface area contributed by atoms with Gasteiger partial charge >= 0.3 is 0 Å². The van der Waals surface area contributed by atoms with Crippen molar-refractivity contribution in [2.45, 2.75) is 122 Å². The zero-order chi connectivity index (χ0) is 22.5. The van der Waals surface area contributed by atoms with Gasteiger partial charge in [-0.15, -0.1) is 0 Å². The van der Waals surface area contributed by atoms with Crippen LogP contribution >= 0.6 is 0 Å². The summed E-state index contributed by atoms with van der Waals surface area (Å²) in [6.07, 6.45) is 16.7. The highest BCUT2D eigenvalue weighted by atomic mass is 32.2. The molecule has 1 atom stereocenters. The topological polar surface area (TPSA) is 59.3 Å². The molecule has 176 valence electrons. The van der Waals surface area contributed by atoms with Crippen molar-refractivity contribution in [1.82, 2.24) is 4.72 Å². The average Bonchev–Trinajstić information content (AvgIpc) is 3.20. The van der Waals surface area contributed by atoms with Crippen LogP contribution in [0, 0.1) is 0 Å². The Morgan fingerprint density at radius 3 is 1.83 bits per heavy atom. The summed E-state index contributed by atoms with van der Waals surface area (Å²) in [6.45, 7) is 9.03. The van der Waals surface area contributed by atoms with Gasteiger partial charge in [0, 0.05) is 11.6 Å². The number of hydrogen-bond acceptors (Lipinski definition) is 3. The average molecular weight is 458 g/mol. The first kappa shape index (κ1) is 27.4. The number of unbranched alkanes of at least 4 members (excludes halogenated alkanes) is 9. The summed E-state index contributed by atoms with van der Waals surface area (Å²) in [5, 5.41) is 1.11. The van der Waals surface area contributed by atoms with E-state index in [0.717, 1.165) is 41.9 Å². The van der Waals surface area contributed by atoms with E-state index in [-0.39, 0.29) is 6.04 Å². The fraction of sp³-hybridized carbons (Fsp3) is 0.833. The molecule has 0 aliphatic carbocycles.